The predicted molar refractivity (Wildman–Crippen MR) is 139 cm³/mol. The Morgan fingerprint density at radius 2 is 1.76 bits per heavy atom. The number of ether oxygens (including phenoxy) is 2. The molecule has 10 heteroatoms. The molecule has 0 amide bonds. The monoisotopic (exact) mass is 603 g/mol. The highest BCUT2D eigenvalue weighted by atomic mass is 127. The van der Waals surface area contributed by atoms with Crippen molar-refractivity contribution in [3.05, 3.63) is 57.2 Å². The van der Waals surface area contributed by atoms with Gasteiger partial charge in [0.2, 0.25) is 0 Å². The molecule has 0 aliphatic carbocycles. The highest BCUT2D eigenvalue weighted by Gasteiger charge is 2.25. The Bertz CT molecular complexity index is 960. The van der Waals surface area contributed by atoms with Crippen molar-refractivity contribution in [2.24, 2.45) is 10.3 Å². The smallest absolute Gasteiger partial charge is 0.132 e. The van der Waals surface area contributed by atoms with E-state index in [2.05, 4.69) is 52.8 Å². The molecule has 34 heavy (non-hydrogen) atoms. The van der Waals surface area contributed by atoms with Gasteiger partial charge in [0.05, 0.1) is 29.1 Å². The zero-order valence-electron chi connectivity index (χ0n) is 19.3. The maximum absolute atomic E-state index is 10.2. The number of hydrogen-bond donors (Lipinski definition) is 3. The Hall–Kier alpha value is -1.66. The molecule has 186 valence electrons. The Kier molecular flexibility index (Phi) is 9.78. The molecule has 2 aromatic carbocycles. The quantitative estimate of drug-likeness (QED) is 0.254. The van der Waals surface area contributed by atoms with Gasteiger partial charge in [0.1, 0.15) is 43.0 Å². The molecule has 0 spiro atoms. The molecule has 0 radical (unpaired) electrons. The SMILES string of the molecule is CC(C)(c1ccc(OC[C@H](O)CN2CC(CO)N=N2)cc1)c1ccc(OC[C@@H](O)CCl)c(I)c1. The highest BCUT2D eigenvalue weighted by molar-refractivity contribution is 14.1. The molecule has 0 saturated carbocycles. The fourth-order valence-electron chi connectivity index (χ4n) is 3.53. The van der Waals surface area contributed by atoms with Gasteiger partial charge in [0, 0.05) is 5.41 Å². The van der Waals surface area contributed by atoms with E-state index in [9.17, 15) is 10.2 Å². The van der Waals surface area contributed by atoms with Crippen molar-refractivity contribution in [1.82, 2.24) is 5.01 Å². The number of aliphatic hydroxyl groups is 3. The van der Waals surface area contributed by atoms with Crippen LogP contribution >= 0.6 is 34.2 Å². The molecule has 8 nitrogen and oxygen atoms in total. The van der Waals surface area contributed by atoms with Crippen LogP contribution in [-0.4, -0.2) is 77.4 Å². The average Bonchev–Trinajstić information content (AvgIpc) is 3.29. The van der Waals surface area contributed by atoms with Crippen LogP contribution < -0.4 is 9.47 Å². The molecule has 0 saturated heterocycles. The number of hydrogen-bond acceptors (Lipinski definition) is 8. The topological polar surface area (TPSA) is 107 Å². The van der Waals surface area contributed by atoms with Crippen LogP contribution in [0.25, 0.3) is 0 Å². The minimum atomic E-state index is -0.721. The Morgan fingerprint density at radius 1 is 1.09 bits per heavy atom. The zero-order valence-corrected chi connectivity index (χ0v) is 22.2. The van der Waals surface area contributed by atoms with Gasteiger partial charge in [-0.25, -0.2) is 0 Å². The van der Waals surface area contributed by atoms with E-state index in [4.69, 9.17) is 26.2 Å². The fourth-order valence-corrected chi connectivity index (χ4v) is 4.29. The first-order chi connectivity index (χ1) is 16.2. The van der Waals surface area contributed by atoms with Gasteiger partial charge in [-0.1, -0.05) is 37.3 Å². The standard InChI is InChI=1S/C24H31ClIN3O5/c1-24(2,17-5-8-23(22(26)9-17)34-14-19(31)10-25)16-3-6-21(7-4-16)33-15-20(32)12-29-11-18(13-30)27-28-29/h3-9,18-20,30-32H,10-15H2,1-2H3/t18?,19-,20+/m0/s1. The number of β-amino-alcohol motifs (C(OH)–C–C–N with tert-alkyl or cyclic N) is 1. The molecule has 3 rings (SSSR count). The summed E-state index contributed by atoms with van der Waals surface area (Å²) in [6.07, 6.45) is -1.42. The van der Waals surface area contributed by atoms with Gasteiger partial charge in [-0.05, 0) is 58.0 Å². The summed E-state index contributed by atoms with van der Waals surface area (Å²) in [5.41, 5.74) is 2.00. The summed E-state index contributed by atoms with van der Waals surface area (Å²) in [6.45, 7) is 5.35. The van der Waals surface area contributed by atoms with E-state index < -0.39 is 12.2 Å². The van der Waals surface area contributed by atoms with Crippen molar-refractivity contribution in [3.63, 3.8) is 0 Å². The largest absolute Gasteiger partial charge is 0.491 e. The van der Waals surface area contributed by atoms with Gasteiger partial charge in [0.25, 0.3) is 0 Å². The lowest BCUT2D eigenvalue weighted by Gasteiger charge is -2.27. The summed E-state index contributed by atoms with van der Waals surface area (Å²) < 4.78 is 12.4. The van der Waals surface area contributed by atoms with Gasteiger partial charge < -0.3 is 24.8 Å². The summed E-state index contributed by atoms with van der Waals surface area (Å²) in [6, 6.07) is 13.7. The molecular weight excluding hydrogens is 573 g/mol. The van der Waals surface area contributed by atoms with E-state index >= 15 is 0 Å². The van der Waals surface area contributed by atoms with Crippen molar-refractivity contribution < 1.29 is 24.8 Å². The molecule has 0 aromatic heterocycles. The van der Waals surface area contributed by atoms with Crippen LogP contribution in [0.4, 0.5) is 0 Å². The molecule has 0 fully saturated rings. The molecule has 1 unspecified atom stereocenters. The number of benzene rings is 2. The van der Waals surface area contributed by atoms with E-state index in [1.165, 1.54) is 0 Å². The van der Waals surface area contributed by atoms with Crippen LogP contribution in [0.3, 0.4) is 0 Å². The summed E-state index contributed by atoms with van der Waals surface area (Å²) >= 11 is 7.87. The predicted octanol–water partition coefficient (Wildman–Crippen LogP) is 3.38. The molecule has 1 heterocycles. The third-order valence-electron chi connectivity index (χ3n) is 5.68. The minimum Gasteiger partial charge on any atom is -0.491 e. The van der Waals surface area contributed by atoms with E-state index in [1.54, 1.807) is 5.01 Å². The van der Waals surface area contributed by atoms with Crippen molar-refractivity contribution >= 4 is 34.2 Å². The summed E-state index contributed by atoms with van der Waals surface area (Å²) in [7, 11) is 0. The van der Waals surface area contributed by atoms with E-state index in [0.717, 1.165) is 14.7 Å². The number of alkyl halides is 1. The third-order valence-corrected chi connectivity index (χ3v) is 6.88. The minimum absolute atomic E-state index is 0.0505. The molecule has 1 aliphatic rings. The molecule has 1 aliphatic heterocycles. The van der Waals surface area contributed by atoms with E-state index in [0.29, 0.717) is 24.6 Å². The first-order valence-electron chi connectivity index (χ1n) is 11.1. The zero-order chi connectivity index (χ0) is 24.7. The fraction of sp³-hybridized carbons (Fsp3) is 0.500. The van der Waals surface area contributed by atoms with Crippen LogP contribution in [0.15, 0.2) is 52.8 Å². The summed E-state index contributed by atoms with van der Waals surface area (Å²) in [5.74, 6) is 1.52. The Balaban J connectivity index is 1.56. The summed E-state index contributed by atoms with van der Waals surface area (Å²) in [5, 5.41) is 38.5. The van der Waals surface area contributed by atoms with Crippen LogP contribution in [0.2, 0.25) is 0 Å². The average molecular weight is 604 g/mol. The van der Waals surface area contributed by atoms with Crippen LogP contribution in [-0.2, 0) is 5.41 Å². The Morgan fingerprint density at radius 3 is 2.38 bits per heavy atom. The number of aliphatic hydroxyl groups excluding tert-OH is 3. The number of rotatable bonds is 12. The highest BCUT2D eigenvalue weighted by Crippen LogP contribution is 2.35. The molecule has 3 atom stereocenters. The van der Waals surface area contributed by atoms with Crippen molar-refractivity contribution in [3.8, 4) is 11.5 Å². The van der Waals surface area contributed by atoms with Crippen LogP contribution in [0.1, 0.15) is 25.0 Å². The van der Waals surface area contributed by atoms with Crippen LogP contribution in [0.5, 0.6) is 11.5 Å². The first-order valence-corrected chi connectivity index (χ1v) is 12.7. The van der Waals surface area contributed by atoms with E-state index in [-0.39, 0.29) is 37.2 Å². The third kappa shape index (κ3) is 7.17. The first kappa shape index (κ1) is 26.9. The van der Waals surface area contributed by atoms with Gasteiger partial charge in [-0.3, -0.25) is 5.01 Å². The van der Waals surface area contributed by atoms with Crippen molar-refractivity contribution in [2.45, 2.75) is 37.5 Å². The van der Waals surface area contributed by atoms with Crippen molar-refractivity contribution in [2.75, 3.05) is 38.8 Å². The maximum atomic E-state index is 10.2. The van der Waals surface area contributed by atoms with E-state index in [1.807, 2.05) is 36.4 Å². The summed E-state index contributed by atoms with van der Waals surface area (Å²) in [4.78, 5) is 0. The number of halogens is 2. The van der Waals surface area contributed by atoms with Crippen LogP contribution in [0, 0.1) is 3.57 Å². The lowest BCUT2D eigenvalue weighted by molar-refractivity contribution is 0.0708. The number of nitrogens with zero attached hydrogens (tertiary/aromatic N) is 3. The maximum Gasteiger partial charge on any atom is 0.132 e. The molecular formula is C24H31ClIN3O5. The normalized spacial score (nSPS) is 17.6. The molecule has 0 bridgehead atoms. The second kappa shape index (κ2) is 12.3. The second-order valence-corrected chi connectivity index (χ2v) is 10.3. The van der Waals surface area contributed by atoms with Crippen molar-refractivity contribution in [1.29, 1.82) is 0 Å². The van der Waals surface area contributed by atoms with Gasteiger partial charge in [0.15, 0.2) is 0 Å². The lowest BCUT2D eigenvalue weighted by atomic mass is 9.78. The molecule has 3 N–H and O–H groups in total. The van der Waals surface area contributed by atoms with Gasteiger partial charge in [-0.15, -0.1) is 11.6 Å². The second-order valence-electron chi connectivity index (χ2n) is 8.79. The van der Waals surface area contributed by atoms with Gasteiger partial charge in [-0.2, -0.15) is 5.11 Å². The Labute approximate surface area is 218 Å². The lowest BCUT2D eigenvalue weighted by Crippen LogP contribution is -2.33. The molecule has 2 aromatic rings. The van der Waals surface area contributed by atoms with Gasteiger partial charge >= 0.3 is 0 Å².